The van der Waals surface area contributed by atoms with Crippen LogP contribution in [0.4, 0.5) is 0 Å². The molecule has 1 N–H and O–H groups in total. The van der Waals surface area contributed by atoms with Crippen LogP contribution in [0.2, 0.25) is 5.02 Å². The van der Waals surface area contributed by atoms with Gasteiger partial charge in [-0.3, -0.25) is 4.79 Å². The zero-order chi connectivity index (χ0) is 19.7. The standard InChI is InChI=1S/C24H21ClN2O/c1-15-9-16(2)11-18(10-15)13-19(28)12-17-7-8-21(25)20(14-17)24-26-22-5-3-4-6-23(22)27-24/h3-11,14H,12-13H2,1-2H3,(H,26,27). The molecule has 0 bridgehead atoms. The molecular weight excluding hydrogens is 368 g/mol. The van der Waals surface area contributed by atoms with Crippen molar-refractivity contribution in [2.24, 2.45) is 0 Å². The van der Waals surface area contributed by atoms with Gasteiger partial charge >= 0.3 is 0 Å². The van der Waals surface area contributed by atoms with Crippen molar-refractivity contribution in [2.45, 2.75) is 26.7 Å². The smallest absolute Gasteiger partial charge is 0.141 e. The van der Waals surface area contributed by atoms with Gasteiger partial charge in [0.25, 0.3) is 0 Å². The van der Waals surface area contributed by atoms with Gasteiger partial charge in [-0.05, 0) is 49.2 Å². The number of aryl methyl sites for hydroxylation is 2. The minimum absolute atomic E-state index is 0.183. The lowest BCUT2D eigenvalue weighted by molar-refractivity contribution is -0.117. The Kier molecular flexibility index (Phi) is 5.01. The number of nitrogens with one attached hydrogen (secondary N) is 1. The Morgan fingerprint density at radius 1 is 0.929 bits per heavy atom. The Labute approximate surface area is 169 Å². The van der Waals surface area contributed by atoms with Gasteiger partial charge in [0.1, 0.15) is 11.6 Å². The largest absolute Gasteiger partial charge is 0.338 e. The van der Waals surface area contributed by atoms with E-state index in [0.717, 1.165) is 33.5 Å². The summed E-state index contributed by atoms with van der Waals surface area (Å²) >= 11 is 6.41. The average molecular weight is 389 g/mol. The summed E-state index contributed by atoms with van der Waals surface area (Å²) in [7, 11) is 0. The molecule has 0 saturated carbocycles. The molecule has 4 aromatic rings. The third-order valence-electron chi connectivity index (χ3n) is 4.76. The van der Waals surface area contributed by atoms with Crippen molar-refractivity contribution in [3.8, 4) is 11.4 Å². The Bertz CT molecular complexity index is 1120. The molecule has 0 spiro atoms. The van der Waals surface area contributed by atoms with E-state index in [4.69, 9.17) is 11.6 Å². The van der Waals surface area contributed by atoms with E-state index in [1.165, 1.54) is 11.1 Å². The van der Waals surface area contributed by atoms with Gasteiger partial charge in [-0.15, -0.1) is 0 Å². The van der Waals surface area contributed by atoms with Crippen molar-refractivity contribution in [1.29, 1.82) is 0 Å². The van der Waals surface area contributed by atoms with Crippen LogP contribution in [-0.4, -0.2) is 15.8 Å². The van der Waals surface area contributed by atoms with E-state index in [0.29, 0.717) is 17.9 Å². The lowest BCUT2D eigenvalue weighted by Crippen LogP contribution is -2.07. The normalized spacial score (nSPS) is 11.1. The van der Waals surface area contributed by atoms with Gasteiger partial charge in [0, 0.05) is 18.4 Å². The molecule has 28 heavy (non-hydrogen) atoms. The second-order valence-electron chi connectivity index (χ2n) is 7.30. The molecule has 0 aliphatic heterocycles. The molecule has 3 aromatic carbocycles. The number of Topliss-reactive ketones (excluding diaryl/α,β-unsaturated/α-hetero) is 1. The number of aromatic nitrogens is 2. The number of rotatable bonds is 5. The van der Waals surface area contributed by atoms with Gasteiger partial charge in [0.2, 0.25) is 0 Å². The van der Waals surface area contributed by atoms with Gasteiger partial charge in [-0.1, -0.05) is 59.1 Å². The van der Waals surface area contributed by atoms with Crippen molar-refractivity contribution < 1.29 is 4.79 Å². The van der Waals surface area contributed by atoms with E-state index in [9.17, 15) is 4.79 Å². The molecular formula is C24H21ClN2O. The number of fused-ring (bicyclic) bond motifs is 1. The predicted molar refractivity (Wildman–Crippen MR) is 115 cm³/mol. The predicted octanol–water partition coefficient (Wildman–Crippen LogP) is 5.85. The number of benzene rings is 3. The van der Waals surface area contributed by atoms with E-state index in [1.807, 2.05) is 42.5 Å². The molecule has 1 aromatic heterocycles. The van der Waals surface area contributed by atoms with Crippen LogP contribution in [0, 0.1) is 13.8 Å². The molecule has 1 heterocycles. The summed E-state index contributed by atoms with van der Waals surface area (Å²) in [4.78, 5) is 20.6. The number of nitrogens with zero attached hydrogens (tertiary/aromatic N) is 1. The first-order valence-electron chi connectivity index (χ1n) is 9.30. The molecule has 3 nitrogen and oxygen atoms in total. The third kappa shape index (κ3) is 4.00. The average Bonchev–Trinajstić information content (AvgIpc) is 3.06. The fourth-order valence-corrected chi connectivity index (χ4v) is 3.84. The Balaban J connectivity index is 1.57. The van der Waals surface area contributed by atoms with Gasteiger partial charge in [-0.2, -0.15) is 0 Å². The summed E-state index contributed by atoms with van der Waals surface area (Å²) in [6, 6.07) is 19.8. The van der Waals surface area contributed by atoms with E-state index < -0.39 is 0 Å². The number of H-pyrrole nitrogens is 1. The molecule has 0 atom stereocenters. The number of carbonyl (C=O) groups is 1. The molecule has 0 saturated heterocycles. The summed E-state index contributed by atoms with van der Waals surface area (Å²) < 4.78 is 0. The van der Waals surface area contributed by atoms with Gasteiger partial charge in [-0.25, -0.2) is 4.98 Å². The maximum absolute atomic E-state index is 12.6. The number of hydrogen-bond acceptors (Lipinski definition) is 2. The second-order valence-corrected chi connectivity index (χ2v) is 7.71. The van der Waals surface area contributed by atoms with Crippen molar-refractivity contribution >= 4 is 28.4 Å². The van der Waals surface area contributed by atoms with Gasteiger partial charge in [0.05, 0.1) is 16.1 Å². The molecule has 0 aliphatic carbocycles. The monoisotopic (exact) mass is 388 g/mol. The van der Waals surface area contributed by atoms with Crippen LogP contribution >= 0.6 is 11.6 Å². The Morgan fingerprint density at radius 2 is 1.64 bits per heavy atom. The first kappa shape index (κ1) is 18.5. The van der Waals surface area contributed by atoms with Crippen molar-refractivity contribution in [3.63, 3.8) is 0 Å². The van der Waals surface area contributed by atoms with Crippen molar-refractivity contribution in [1.82, 2.24) is 9.97 Å². The van der Waals surface area contributed by atoms with Gasteiger partial charge < -0.3 is 4.98 Å². The van der Waals surface area contributed by atoms with Gasteiger partial charge in [0.15, 0.2) is 0 Å². The summed E-state index contributed by atoms with van der Waals surface area (Å²) in [5.74, 6) is 0.901. The first-order chi connectivity index (χ1) is 13.5. The molecule has 0 unspecified atom stereocenters. The highest BCUT2D eigenvalue weighted by Gasteiger charge is 2.12. The highest BCUT2D eigenvalue weighted by molar-refractivity contribution is 6.33. The molecule has 0 radical (unpaired) electrons. The minimum Gasteiger partial charge on any atom is -0.338 e. The first-order valence-corrected chi connectivity index (χ1v) is 9.68. The SMILES string of the molecule is Cc1cc(C)cc(CC(=O)Cc2ccc(Cl)c(-c3nc4ccccc4[nH]3)c2)c1. The number of aromatic amines is 1. The maximum Gasteiger partial charge on any atom is 0.141 e. The number of carbonyl (C=O) groups excluding carboxylic acids is 1. The van der Waals surface area contributed by atoms with E-state index >= 15 is 0 Å². The summed E-state index contributed by atoms with van der Waals surface area (Å²) in [5, 5.41) is 0.615. The number of imidazole rings is 1. The zero-order valence-electron chi connectivity index (χ0n) is 15.9. The zero-order valence-corrected chi connectivity index (χ0v) is 16.7. The highest BCUT2D eigenvalue weighted by Crippen LogP contribution is 2.29. The maximum atomic E-state index is 12.6. The summed E-state index contributed by atoms with van der Waals surface area (Å²) in [5.41, 5.74) is 7.04. The third-order valence-corrected chi connectivity index (χ3v) is 5.09. The fourth-order valence-electron chi connectivity index (χ4n) is 3.63. The van der Waals surface area contributed by atoms with Crippen molar-refractivity contribution in [3.05, 3.63) is 87.9 Å². The fraction of sp³-hybridized carbons (Fsp3) is 0.167. The number of hydrogen-bond donors (Lipinski definition) is 1. The van der Waals surface area contributed by atoms with Crippen LogP contribution in [0.15, 0.2) is 60.7 Å². The molecule has 0 aliphatic rings. The topological polar surface area (TPSA) is 45.8 Å². The summed E-state index contributed by atoms with van der Waals surface area (Å²) in [6.07, 6.45) is 0.808. The van der Waals surface area contributed by atoms with Crippen LogP contribution in [-0.2, 0) is 17.6 Å². The highest BCUT2D eigenvalue weighted by atomic mass is 35.5. The van der Waals surface area contributed by atoms with E-state index in [-0.39, 0.29) is 5.78 Å². The van der Waals surface area contributed by atoms with Crippen molar-refractivity contribution in [2.75, 3.05) is 0 Å². The molecule has 140 valence electrons. The number of ketones is 1. The Morgan fingerprint density at radius 3 is 2.39 bits per heavy atom. The molecule has 0 fully saturated rings. The number of halogens is 1. The van der Waals surface area contributed by atoms with E-state index in [1.54, 1.807) is 0 Å². The number of para-hydroxylation sites is 2. The molecule has 4 heteroatoms. The quantitative estimate of drug-likeness (QED) is 0.465. The van der Waals surface area contributed by atoms with Crippen LogP contribution in [0.5, 0.6) is 0 Å². The summed E-state index contributed by atoms with van der Waals surface area (Å²) in [6.45, 7) is 4.11. The minimum atomic E-state index is 0.183. The van der Waals surface area contributed by atoms with Crippen LogP contribution in [0.3, 0.4) is 0 Å². The Hall–Kier alpha value is -2.91. The molecule has 4 rings (SSSR count). The second kappa shape index (κ2) is 7.61. The van der Waals surface area contributed by atoms with Crippen LogP contribution in [0.25, 0.3) is 22.4 Å². The lowest BCUT2D eigenvalue weighted by Gasteiger charge is -2.07. The lowest BCUT2D eigenvalue weighted by atomic mass is 9.99. The van der Waals surface area contributed by atoms with Crippen LogP contribution in [0.1, 0.15) is 22.3 Å². The van der Waals surface area contributed by atoms with Crippen LogP contribution < -0.4 is 0 Å². The van der Waals surface area contributed by atoms with E-state index in [2.05, 4.69) is 42.0 Å². The molecule has 0 amide bonds.